The van der Waals surface area contributed by atoms with Crippen molar-refractivity contribution in [2.24, 2.45) is 0 Å². The van der Waals surface area contributed by atoms with Gasteiger partial charge in [0.2, 0.25) is 5.91 Å². The molecule has 0 spiro atoms. The van der Waals surface area contributed by atoms with E-state index in [0.717, 1.165) is 36.6 Å². The molecular weight excluding hydrogens is 329 g/mol. The lowest BCUT2D eigenvalue weighted by Crippen LogP contribution is -2.55. The molecule has 0 radical (unpaired) electrons. The SMILES string of the molecule is Cc1nc(CCCC(=O)N2CC(C)NC(C)C2)cs1.Cl.Cl. The van der Waals surface area contributed by atoms with Crippen molar-refractivity contribution in [2.75, 3.05) is 13.1 Å². The van der Waals surface area contributed by atoms with Crippen LogP contribution in [0.15, 0.2) is 5.38 Å². The van der Waals surface area contributed by atoms with Crippen LogP contribution in [-0.4, -0.2) is 41.0 Å². The second-order valence-electron chi connectivity index (χ2n) is 5.48. The molecule has 2 rings (SSSR count). The van der Waals surface area contributed by atoms with E-state index in [9.17, 15) is 4.79 Å². The van der Waals surface area contributed by atoms with Crippen molar-refractivity contribution in [1.29, 1.82) is 0 Å². The van der Waals surface area contributed by atoms with Crippen LogP contribution in [0.3, 0.4) is 0 Å². The first-order valence-corrected chi connectivity index (χ1v) is 7.87. The van der Waals surface area contributed by atoms with Crippen LogP contribution in [0.1, 0.15) is 37.4 Å². The summed E-state index contributed by atoms with van der Waals surface area (Å²) < 4.78 is 0. The molecule has 4 nitrogen and oxygen atoms in total. The van der Waals surface area contributed by atoms with E-state index >= 15 is 0 Å². The van der Waals surface area contributed by atoms with Crippen molar-refractivity contribution in [3.05, 3.63) is 16.1 Å². The number of nitrogens with zero attached hydrogens (tertiary/aromatic N) is 2. The molecule has 0 bridgehead atoms. The molecule has 1 aromatic heterocycles. The Morgan fingerprint density at radius 1 is 1.38 bits per heavy atom. The van der Waals surface area contributed by atoms with Crippen LogP contribution in [0.2, 0.25) is 0 Å². The van der Waals surface area contributed by atoms with E-state index in [1.165, 1.54) is 0 Å². The molecule has 1 aliphatic heterocycles. The van der Waals surface area contributed by atoms with E-state index in [1.807, 2.05) is 11.8 Å². The molecule has 1 fully saturated rings. The lowest BCUT2D eigenvalue weighted by molar-refractivity contribution is -0.133. The molecule has 0 saturated carbocycles. The monoisotopic (exact) mass is 353 g/mol. The molecule has 2 unspecified atom stereocenters. The fourth-order valence-electron chi connectivity index (χ4n) is 2.63. The van der Waals surface area contributed by atoms with Crippen LogP contribution in [0.25, 0.3) is 0 Å². The van der Waals surface area contributed by atoms with Gasteiger partial charge in [-0.2, -0.15) is 0 Å². The van der Waals surface area contributed by atoms with Gasteiger partial charge in [-0.15, -0.1) is 36.2 Å². The zero-order chi connectivity index (χ0) is 13.8. The molecule has 0 aliphatic carbocycles. The summed E-state index contributed by atoms with van der Waals surface area (Å²) in [5.74, 6) is 0.284. The number of aryl methyl sites for hydroxylation is 2. The molecule has 2 heterocycles. The predicted molar refractivity (Wildman–Crippen MR) is 92.9 cm³/mol. The Kier molecular flexibility index (Phi) is 9.45. The van der Waals surface area contributed by atoms with Gasteiger partial charge in [0.1, 0.15) is 0 Å². The third-order valence-corrected chi connectivity index (χ3v) is 4.22. The summed E-state index contributed by atoms with van der Waals surface area (Å²) in [5.41, 5.74) is 1.12. The summed E-state index contributed by atoms with van der Waals surface area (Å²) in [6, 6.07) is 0.794. The first-order chi connectivity index (χ1) is 9.04. The maximum absolute atomic E-state index is 12.2. The van der Waals surface area contributed by atoms with Crippen LogP contribution in [0, 0.1) is 6.92 Å². The van der Waals surface area contributed by atoms with Gasteiger partial charge < -0.3 is 10.2 Å². The zero-order valence-electron chi connectivity index (χ0n) is 12.8. The van der Waals surface area contributed by atoms with Gasteiger partial charge in [0.05, 0.1) is 10.7 Å². The Balaban J connectivity index is 0.00000200. The minimum atomic E-state index is 0. The summed E-state index contributed by atoms with van der Waals surface area (Å²) in [6.07, 6.45) is 2.44. The normalized spacial score (nSPS) is 21.4. The van der Waals surface area contributed by atoms with Crippen molar-refractivity contribution < 1.29 is 4.79 Å². The minimum absolute atomic E-state index is 0. The van der Waals surface area contributed by atoms with Crippen LogP contribution >= 0.6 is 36.2 Å². The van der Waals surface area contributed by atoms with E-state index in [2.05, 4.69) is 29.5 Å². The lowest BCUT2D eigenvalue weighted by Gasteiger charge is -2.36. The average molecular weight is 354 g/mol. The van der Waals surface area contributed by atoms with Gasteiger partial charge in [0, 0.05) is 37.0 Å². The second-order valence-corrected chi connectivity index (χ2v) is 6.54. The number of amides is 1. The number of carbonyl (C=O) groups excluding carboxylic acids is 1. The highest BCUT2D eigenvalue weighted by Gasteiger charge is 2.24. The van der Waals surface area contributed by atoms with Crippen LogP contribution in [0.4, 0.5) is 0 Å². The molecule has 1 aromatic rings. The Morgan fingerprint density at radius 2 is 2.00 bits per heavy atom. The van der Waals surface area contributed by atoms with Gasteiger partial charge in [-0.1, -0.05) is 0 Å². The third kappa shape index (κ3) is 6.51. The van der Waals surface area contributed by atoms with Gasteiger partial charge in [0.15, 0.2) is 0 Å². The molecule has 7 heteroatoms. The Hall–Kier alpha value is -0.360. The number of rotatable bonds is 4. The maximum Gasteiger partial charge on any atom is 0.222 e. The molecule has 21 heavy (non-hydrogen) atoms. The Morgan fingerprint density at radius 3 is 2.52 bits per heavy atom. The van der Waals surface area contributed by atoms with E-state index in [1.54, 1.807) is 11.3 Å². The standard InChI is InChI=1S/C14H23N3OS.2ClH/c1-10-7-17(8-11(2)15-10)14(18)6-4-5-13-9-19-12(3)16-13;;/h9-11,15H,4-8H2,1-3H3;2*1H. The number of hydrogen-bond acceptors (Lipinski definition) is 4. The van der Waals surface area contributed by atoms with E-state index in [0.29, 0.717) is 18.5 Å². The highest BCUT2D eigenvalue weighted by atomic mass is 35.5. The van der Waals surface area contributed by atoms with E-state index in [4.69, 9.17) is 0 Å². The molecular formula is C14H25Cl2N3OS. The van der Waals surface area contributed by atoms with Gasteiger partial charge in [-0.3, -0.25) is 4.79 Å². The van der Waals surface area contributed by atoms with Gasteiger partial charge >= 0.3 is 0 Å². The highest BCUT2D eigenvalue weighted by molar-refractivity contribution is 7.09. The number of thiazole rings is 1. The largest absolute Gasteiger partial charge is 0.340 e. The van der Waals surface area contributed by atoms with Crippen LogP contribution < -0.4 is 5.32 Å². The number of aromatic nitrogens is 1. The summed E-state index contributed by atoms with van der Waals surface area (Å²) in [5, 5.41) is 6.64. The van der Waals surface area contributed by atoms with E-state index < -0.39 is 0 Å². The number of carbonyl (C=O) groups is 1. The van der Waals surface area contributed by atoms with Gasteiger partial charge in [0.25, 0.3) is 0 Å². The first kappa shape index (κ1) is 20.6. The summed E-state index contributed by atoms with van der Waals surface area (Å²) >= 11 is 1.68. The molecule has 0 aromatic carbocycles. The summed E-state index contributed by atoms with van der Waals surface area (Å²) in [7, 11) is 0. The Labute approximate surface area is 143 Å². The number of nitrogens with one attached hydrogen (secondary N) is 1. The van der Waals surface area contributed by atoms with Crippen LogP contribution in [-0.2, 0) is 11.2 Å². The lowest BCUT2D eigenvalue weighted by atomic mass is 10.1. The molecule has 1 amide bonds. The van der Waals surface area contributed by atoms with Crippen molar-refractivity contribution in [3.63, 3.8) is 0 Å². The fourth-order valence-corrected chi connectivity index (χ4v) is 3.28. The van der Waals surface area contributed by atoms with Gasteiger partial charge in [-0.25, -0.2) is 4.98 Å². The van der Waals surface area contributed by atoms with Crippen molar-refractivity contribution in [1.82, 2.24) is 15.2 Å². The molecule has 122 valence electrons. The quantitative estimate of drug-likeness (QED) is 0.904. The minimum Gasteiger partial charge on any atom is -0.340 e. The zero-order valence-corrected chi connectivity index (χ0v) is 15.2. The van der Waals surface area contributed by atoms with Gasteiger partial charge in [-0.05, 0) is 33.6 Å². The highest BCUT2D eigenvalue weighted by Crippen LogP contribution is 2.12. The molecule has 2 atom stereocenters. The van der Waals surface area contributed by atoms with Crippen LogP contribution in [0.5, 0.6) is 0 Å². The molecule has 1 N–H and O–H groups in total. The molecule has 1 saturated heterocycles. The van der Waals surface area contributed by atoms with E-state index in [-0.39, 0.29) is 30.7 Å². The Bertz CT molecular complexity index is 432. The van der Waals surface area contributed by atoms with Crippen molar-refractivity contribution in [3.8, 4) is 0 Å². The number of piperazine rings is 1. The van der Waals surface area contributed by atoms with Crippen molar-refractivity contribution in [2.45, 2.75) is 52.1 Å². The fraction of sp³-hybridized carbons (Fsp3) is 0.714. The average Bonchev–Trinajstić information content (AvgIpc) is 2.73. The smallest absolute Gasteiger partial charge is 0.222 e. The second kappa shape index (κ2) is 9.62. The molecule has 1 aliphatic rings. The predicted octanol–water partition coefficient (Wildman–Crippen LogP) is 2.83. The summed E-state index contributed by atoms with van der Waals surface area (Å²) in [6.45, 7) is 7.95. The summed E-state index contributed by atoms with van der Waals surface area (Å²) in [4.78, 5) is 18.6. The third-order valence-electron chi connectivity index (χ3n) is 3.40. The number of hydrogen-bond donors (Lipinski definition) is 1. The van der Waals surface area contributed by atoms with Crippen molar-refractivity contribution >= 4 is 42.1 Å². The topological polar surface area (TPSA) is 45.2 Å². The number of halogens is 2. The maximum atomic E-state index is 12.2. The first-order valence-electron chi connectivity index (χ1n) is 6.99.